The summed E-state index contributed by atoms with van der Waals surface area (Å²) in [5, 5.41) is 3.73. The predicted molar refractivity (Wildman–Crippen MR) is 94.0 cm³/mol. The molecule has 2 unspecified atom stereocenters. The van der Waals surface area contributed by atoms with E-state index in [9.17, 15) is 0 Å². The standard InChI is InChI=1S/C19H34N2/c1-7-21(8-2)13-9-10-17(5)20-18(6)19-12-11-15(3)16(4)14-19/h11-12,14,17-18,20H,7-10,13H2,1-6H3. The van der Waals surface area contributed by atoms with Crippen molar-refractivity contribution in [2.75, 3.05) is 19.6 Å². The number of rotatable bonds is 9. The van der Waals surface area contributed by atoms with Crippen LogP contribution in [0.5, 0.6) is 0 Å². The van der Waals surface area contributed by atoms with Gasteiger partial charge in [-0.2, -0.15) is 0 Å². The third-order valence-corrected chi connectivity index (χ3v) is 4.57. The molecule has 2 atom stereocenters. The van der Waals surface area contributed by atoms with Gasteiger partial charge in [0, 0.05) is 12.1 Å². The van der Waals surface area contributed by atoms with Crippen LogP contribution in [0.15, 0.2) is 18.2 Å². The maximum atomic E-state index is 3.73. The van der Waals surface area contributed by atoms with Gasteiger partial charge in [0.25, 0.3) is 0 Å². The summed E-state index contributed by atoms with van der Waals surface area (Å²) in [5.74, 6) is 0. The Labute approximate surface area is 131 Å². The lowest BCUT2D eigenvalue weighted by Gasteiger charge is -2.23. The molecule has 1 aromatic rings. The first-order valence-electron chi connectivity index (χ1n) is 8.53. The summed E-state index contributed by atoms with van der Waals surface area (Å²) < 4.78 is 0. The molecule has 2 heteroatoms. The van der Waals surface area contributed by atoms with Crippen molar-refractivity contribution in [3.8, 4) is 0 Å². The van der Waals surface area contributed by atoms with Crippen LogP contribution in [0.4, 0.5) is 0 Å². The van der Waals surface area contributed by atoms with Crippen LogP contribution in [-0.4, -0.2) is 30.6 Å². The van der Waals surface area contributed by atoms with Gasteiger partial charge in [-0.15, -0.1) is 0 Å². The highest BCUT2D eigenvalue weighted by molar-refractivity contribution is 5.31. The first-order chi connectivity index (χ1) is 9.97. The van der Waals surface area contributed by atoms with Gasteiger partial charge in [0.15, 0.2) is 0 Å². The molecule has 0 spiro atoms. The zero-order chi connectivity index (χ0) is 15.8. The molecule has 0 aliphatic heterocycles. The minimum Gasteiger partial charge on any atom is -0.308 e. The van der Waals surface area contributed by atoms with Crippen molar-refractivity contribution < 1.29 is 0 Å². The van der Waals surface area contributed by atoms with E-state index in [1.807, 2.05) is 0 Å². The third-order valence-electron chi connectivity index (χ3n) is 4.57. The van der Waals surface area contributed by atoms with Crippen LogP contribution in [0, 0.1) is 13.8 Å². The Kier molecular flexibility index (Phi) is 7.98. The summed E-state index contributed by atoms with van der Waals surface area (Å²) in [6.07, 6.45) is 2.52. The zero-order valence-corrected chi connectivity index (χ0v) is 14.9. The van der Waals surface area contributed by atoms with E-state index in [0.29, 0.717) is 12.1 Å². The van der Waals surface area contributed by atoms with Crippen LogP contribution < -0.4 is 5.32 Å². The number of benzene rings is 1. The molecule has 21 heavy (non-hydrogen) atoms. The van der Waals surface area contributed by atoms with Crippen molar-refractivity contribution in [1.29, 1.82) is 0 Å². The van der Waals surface area contributed by atoms with Gasteiger partial charge in [-0.05, 0) is 76.9 Å². The Bertz CT molecular complexity index is 410. The molecule has 120 valence electrons. The lowest BCUT2D eigenvalue weighted by molar-refractivity contribution is 0.288. The van der Waals surface area contributed by atoms with Gasteiger partial charge in [-0.1, -0.05) is 32.0 Å². The van der Waals surface area contributed by atoms with Crippen LogP contribution >= 0.6 is 0 Å². The third kappa shape index (κ3) is 6.19. The molecule has 0 saturated heterocycles. The zero-order valence-electron chi connectivity index (χ0n) is 14.9. The average Bonchev–Trinajstić information content (AvgIpc) is 2.46. The van der Waals surface area contributed by atoms with Gasteiger partial charge < -0.3 is 10.2 Å². The summed E-state index contributed by atoms with van der Waals surface area (Å²) in [6.45, 7) is 17.0. The van der Waals surface area contributed by atoms with E-state index in [-0.39, 0.29) is 0 Å². The molecule has 0 amide bonds. The molecular formula is C19H34N2. The van der Waals surface area contributed by atoms with Crippen molar-refractivity contribution in [2.45, 2.75) is 66.5 Å². The quantitative estimate of drug-likeness (QED) is 0.722. The van der Waals surface area contributed by atoms with Gasteiger partial charge in [0.1, 0.15) is 0 Å². The smallest absolute Gasteiger partial charge is 0.0294 e. The van der Waals surface area contributed by atoms with Crippen molar-refractivity contribution >= 4 is 0 Å². The van der Waals surface area contributed by atoms with Gasteiger partial charge in [0.05, 0.1) is 0 Å². The second-order valence-electron chi connectivity index (χ2n) is 6.30. The molecule has 0 aliphatic carbocycles. The van der Waals surface area contributed by atoms with Crippen molar-refractivity contribution in [2.24, 2.45) is 0 Å². The number of nitrogens with zero attached hydrogens (tertiary/aromatic N) is 1. The van der Waals surface area contributed by atoms with Crippen molar-refractivity contribution in [3.05, 3.63) is 34.9 Å². The average molecular weight is 290 g/mol. The fourth-order valence-electron chi connectivity index (χ4n) is 2.80. The van der Waals surface area contributed by atoms with E-state index < -0.39 is 0 Å². The predicted octanol–water partition coefficient (Wildman–Crippen LogP) is 4.46. The van der Waals surface area contributed by atoms with Gasteiger partial charge in [-0.3, -0.25) is 0 Å². The Morgan fingerprint density at radius 3 is 2.29 bits per heavy atom. The number of nitrogens with one attached hydrogen (secondary N) is 1. The normalized spacial score (nSPS) is 14.4. The van der Waals surface area contributed by atoms with Crippen molar-refractivity contribution in [1.82, 2.24) is 10.2 Å². The van der Waals surface area contributed by atoms with E-state index in [0.717, 1.165) is 13.1 Å². The van der Waals surface area contributed by atoms with E-state index in [4.69, 9.17) is 0 Å². The van der Waals surface area contributed by atoms with Crippen LogP contribution in [0.3, 0.4) is 0 Å². The summed E-state index contributed by atoms with van der Waals surface area (Å²) in [7, 11) is 0. The second kappa shape index (κ2) is 9.22. The monoisotopic (exact) mass is 290 g/mol. The molecule has 1 aromatic carbocycles. The van der Waals surface area contributed by atoms with Gasteiger partial charge in [-0.25, -0.2) is 0 Å². The first kappa shape index (κ1) is 18.2. The molecule has 2 nitrogen and oxygen atoms in total. The molecule has 0 saturated carbocycles. The topological polar surface area (TPSA) is 15.3 Å². The van der Waals surface area contributed by atoms with Crippen molar-refractivity contribution in [3.63, 3.8) is 0 Å². The van der Waals surface area contributed by atoms with Crippen LogP contribution in [0.1, 0.15) is 63.3 Å². The number of hydrogen-bond donors (Lipinski definition) is 1. The summed E-state index contributed by atoms with van der Waals surface area (Å²) in [5.41, 5.74) is 4.15. The highest BCUT2D eigenvalue weighted by Crippen LogP contribution is 2.17. The molecule has 0 fully saturated rings. The Morgan fingerprint density at radius 2 is 1.71 bits per heavy atom. The largest absolute Gasteiger partial charge is 0.308 e. The lowest BCUT2D eigenvalue weighted by atomic mass is 10.0. The van der Waals surface area contributed by atoms with Crippen LogP contribution in [0.2, 0.25) is 0 Å². The molecule has 0 radical (unpaired) electrons. The van der Waals surface area contributed by atoms with E-state index in [2.05, 4.69) is 70.0 Å². The van der Waals surface area contributed by atoms with Crippen LogP contribution in [-0.2, 0) is 0 Å². The number of hydrogen-bond acceptors (Lipinski definition) is 2. The summed E-state index contributed by atoms with van der Waals surface area (Å²) in [4.78, 5) is 2.50. The summed E-state index contributed by atoms with van der Waals surface area (Å²) in [6, 6.07) is 7.79. The highest BCUT2D eigenvalue weighted by Gasteiger charge is 2.10. The van der Waals surface area contributed by atoms with E-state index in [1.165, 1.54) is 36.1 Å². The Hall–Kier alpha value is -0.860. The first-order valence-corrected chi connectivity index (χ1v) is 8.53. The van der Waals surface area contributed by atoms with Gasteiger partial charge in [0.2, 0.25) is 0 Å². The molecule has 0 aliphatic rings. The van der Waals surface area contributed by atoms with Crippen LogP contribution in [0.25, 0.3) is 0 Å². The molecule has 0 heterocycles. The second-order valence-corrected chi connectivity index (χ2v) is 6.30. The van der Waals surface area contributed by atoms with E-state index in [1.54, 1.807) is 0 Å². The molecule has 0 aromatic heterocycles. The SMILES string of the molecule is CCN(CC)CCCC(C)NC(C)c1ccc(C)c(C)c1. The lowest BCUT2D eigenvalue weighted by Crippen LogP contribution is -2.31. The number of aryl methyl sites for hydroxylation is 2. The summed E-state index contributed by atoms with van der Waals surface area (Å²) >= 11 is 0. The Balaban J connectivity index is 2.39. The van der Waals surface area contributed by atoms with Gasteiger partial charge >= 0.3 is 0 Å². The minimum atomic E-state index is 0.424. The minimum absolute atomic E-state index is 0.424. The highest BCUT2D eigenvalue weighted by atomic mass is 15.1. The maximum Gasteiger partial charge on any atom is 0.0294 e. The molecular weight excluding hydrogens is 256 g/mol. The fraction of sp³-hybridized carbons (Fsp3) is 0.684. The van der Waals surface area contributed by atoms with E-state index >= 15 is 0 Å². The molecule has 0 bridgehead atoms. The molecule has 1 N–H and O–H groups in total. The maximum absolute atomic E-state index is 3.73. The molecule has 1 rings (SSSR count). The fourth-order valence-corrected chi connectivity index (χ4v) is 2.80. The Morgan fingerprint density at radius 1 is 1.05 bits per heavy atom.